The SMILES string of the molecule is Clc1ccc(/C=C/c2nc(-c3ccccc3)c(N3CCCCC3)o2)cc1. The molecule has 4 rings (SSSR count). The summed E-state index contributed by atoms with van der Waals surface area (Å²) in [5.74, 6) is 1.51. The van der Waals surface area contributed by atoms with Gasteiger partial charge in [-0.25, -0.2) is 4.98 Å². The zero-order valence-electron chi connectivity index (χ0n) is 14.6. The molecule has 1 aliphatic heterocycles. The number of hydrogen-bond donors (Lipinski definition) is 0. The van der Waals surface area contributed by atoms with Crippen molar-refractivity contribution in [2.24, 2.45) is 0 Å². The van der Waals surface area contributed by atoms with Crippen LogP contribution < -0.4 is 4.90 Å². The van der Waals surface area contributed by atoms with Gasteiger partial charge < -0.3 is 9.32 Å². The van der Waals surface area contributed by atoms with Crippen LogP contribution >= 0.6 is 11.6 Å². The number of aromatic nitrogens is 1. The quantitative estimate of drug-likeness (QED) is 0.555. The number of anilines is 1. The largest absolute Gasteiger partial charge is 0.420 e. The van der Waals surface area contributed by atoms with Gasteiger partial charge in [-0.05, 0) is 43.0 Å². The van der Waals surface area contributed by atoms with Gasteiger partial charge in [-0.3, -0.25) is 0 Å². The highest BCUT2D eigenvalue weighted by atomic mass is 35.5. The van der Waals surface area contributed by atoms with Crippen LogP contribution in [0.15, 0.2) is 59.0 Å². The van der Waals surface area contributed by atoms with Crippen molar-refractivity contribution >= 4 is 29.6 Å². The van der Waals surface area contributed by atoms with E-state index in [4.69, 9.17) is 21.0 Å². The maximum Gasteiger partial charge on any atom is 0.224 e. The predicted molar refractivity (Wildman–Crippen MR) is 108 cm³/mol. The Labute approximate surface area is 158 Å². The van der Waals surface area contributed by atoms with Gasteiger partial charge >= 0.3 is 0 Å². The smallest absolute Gasteiger partial charge is 0.224 e. The Kier molecular flexibility index (Phi) is 5.07. The molecule has 1 aromatic heterocycles. The van der Waals surface area contributed by atoms with E-state index in [0.717, 1.165) is 40.8 Å². The third kappa shape index (κ3) is 3.83. The first-order valence-corrected chi connectivity index (χ1v) is 9.42. The average Bonchev–Trinajstić information content (AvgIpc) is 3.13. The highest BCUT2D eigenvalue weighted by Gasteiger charge is 2.21. The lowest BCUT2D eigenvalue weighted by molar-refractivity contribution is 0.492. The van der Waals surface area contributed by atoms with Crippen molar-refractivity contribution in [2.75, 3.05) is 18.0 Å². The molecule has 0 atom stereocenters. The molecule has 4 heteroatoms. The van der Waals surface area contributed by atoms with Crippen LogP contribution in [0.25, 0.3) is 23.4 Å². The summed E-state index contributed by atoms with van der Waals surface area (Å²) in [6, 6.07) is 18.0. The maximum absolute atomic E-state index is 6.16. The summed E-state index contributed by atoms with van der Waals surface area (Å²) >= 11 is 5.95. The Balaban J connectivity index is 1.67. The van der Waals surface area contributed by atoms with Gasteiger partial charge in [0.15, 0.2) is 0 Å². The molecule has 0 N–H and O–H groups in total. The number of hydrogen-bond acceptors (Lipinski definition) is 3. The lowest BCUT2D eigenvalue weighted by Gasteiger charge is -2.26. The van der Waals surface area contributed by atoms with Crippen LogP contribution in [0.4, 0.5) is 5.88 Å². The first-order chi connectivity index (χ1) is 12.8. The summed E-state index contributed by atoms with van der Waals surface area (Å²) in [6.45, 7) is 2.05. The Bertz CT molecular complexity index is 878. The Morgan fingerprint density at radius 3 is 2.35 bits per heavy atom. The van der Waals surface area contributed by atoms with Crippen LogP contribution in [0, 0.1) is 0 Å². The van der Waals surface area contributed by atoms with Crippen LogP contribution in [0.5, 0.6) is 0 Å². The van der Waals surface area contributed by atoms with Crippen LogP contribution in [0.2, 0.25) is 5.02 Å². The van der Waals surface area contributed by atoms with Gasteiger partial charge in [-0.15, -0.1) is 0 Å². The highest BCUT2D eigenvalue weighted by Crippen LogP contribution is 2.33. The van der Waals surface area contributed by atoms with Gasteiger partial charge in [-0.2, -0.15) is 0 Å². The molecule has 0 spiro atoms. The molecule has 3 nitrogen and oxygen atoms in total. The molecular weight excluding hydrogens is 344 g/mol. The molecule has 0 aliphatic carbocycles. The molecule has 0 radical (unpaired) electrons. The van der Waals surface area contributed by atoms with Crippen molar-refractivity contribution < 1.29 is 4.42 Å². The molecule has 2 heterocycles. The van der Waals surface area contributed by atoms with Crippen LogP contribution in [-0.2, 0) is 0 Å². The van der Waals surface area contributed by atoms with E-state index in [-0.39, 0.29) is 0 Å². The van der Waals surface area contributed by atoms with Gasteiger partial charge in [0, 0.05) is 29.8 Å². The lowest BCUT2D eigenvalue weighted by Crippen LogP contribution is -2.29. The molecule has 1 aliphatic rings. The van der Waals surface area contributed by atoms with E-state index in [0.29, 0.717) is 5.89 Å². The number of piperidine rings is 1. The zero-order chi connectivity index (χ0) is 17.8. The molecule has 3 aromatic rings. The molecule has 1 fully saturated rings. The molecule has 0 bridgehead atoms. The van der Waals surface area contributed by atoms with E-state index in [1.807, 2.05) is 54.6 Å². The highest BCUT2D eigenvalue weighted by molar-refractivity contribution is 6.30. The molecular formula is C22H21ClN2O. The average molecular weight is 365 g/mol. The fourth-order valence-electron chi connectivity index (χ4n) is 3.24. The van der Waals surface area contributed by atoms with Gasteiger partial charge in [0.2, 0.25) is 11.8 Å². The molecule has 2 aromatic carbocycles. The first kappa shape index (κ1) is 16.9. The summed E-state index contributed by atoms with van der Waals surface area (Å²) in [5.41, 5.74) is 3.07. The van der Waals surface area contributed by atoms with E-state index >= 15 is 0 Å². The normalized spacial score (nSPS) is 14.9. The fourth-order valence-corrected chi connectivity index (χ4v) is 3.36. The van der Waals surface area contributed by atoms with Crippen molar-refractivity contribution in [3.05, 3.63) is 71.1 Å². The molecule has 132 valence electrons. The van der Waals surface area contributed by atoms with Crippen LogP contribution in [-0.4, -0.2) is 18.1 Å². The van der Waals surface area contributed by atoms with Gasteiger partial charge in [0.25, 0.3) is 0 Å². The Hall–Kier alpha value is -2.52. The summed E-state index contributed by atoms with van der Waals surface area (Å²) in [4.78, 5) is 7.08. The summed E-state index contributed by atoms with van der Waals surface area (Å²) < 4.78 is 6.16. The maximum atomic E-state index is 6.16. The van der Waals surface area contributed by atoms with Gasteiger partial charge in [0.1, 0.15) is 5.69 Å². The number of oxazole rings is 1. The number of halogens is 1. The summed E-state index contributed by atoms with van der Waals surface area (Å²) in [5, 5.41) is 0.733. The van der Waals surface area contributed by atoms with E-state index in [9.17, 15) is 0 Å². The van der Waals surface area contributed by atoms with E-state index < -0.39 is 0 Å². The zero-order valence-corrected chi connectivity index (χ0v) is 15.3. The van der Waals surface area contributed by atoms with Gasteiger partial charge in [-0.1, -0.05) is 54.1 Å². The van der Waals surface area contributed by atoms with Crippen molar-refractivity contribution in [1.29, 1.82) is 0 Å². The second-order valence-corrected chi connectivity index (χ2v) is 6.94. The van der Waals surface area contributed by atoms with E-state index in [1.165, 1.54) is 19.3 Å². The minimum Gasteiger partial charge on any atom is -0.420 e. The molecule has 0 saturated carbocycles. The van der Waals surface area contributed by atoms with Crippen LogP contribution in [0.3, 0.4) is 0 Å². The van der Waals surface area contributed by atoms with Crippen LogP contribution in [0.1, 0.15) is 30.7 Å². The summed E-state index contributed by atoms with van der Waals surface area (Å²) in [6.07, 6.45) is 7.60. The van der Waals surface area contributed by atoms with Crippen molar-refractivity contribution in [2.45, 2.75) is 19.3 Å². The van der Waals surface area contributed by atoms with E-state index in [1.54, 1.807) is 0 Å². The Morgan fingerprint density at radius 2 is 1.62 bits per heavy atom. The van der Waals surface area contributed by atoms with Crippen molar-refractivity contribution in [3.8, 4) is 11.3 Å². The summed E-state index contributed by atoms with van der Waals surface area (Å²) in [7, 11) is 0. The monoisotopic (exact) mass is 364 g/mol. The topological polar surface area (TPSA) is 29.3 Å². The first-order valence-electron chi connectivity index (χ1n) is 9.04. The van der Waals surface area contributed by atoms with Gasteiger partial charge in [0.05, 0.1) is 0 Å². The van der Waals surface area contributed by atoms with Crippen molar-refractivity contribution in [1.82, 2.24) is 4.98 Å². The van der Waals surface area contributed by atoms with Crippen molar-refractivity contribution in [3.63, 3.8) is 0 Å². The lowest BCUT2D eigenvalue weighted by atomic mass is 10.1. The number of rotatable bonds is 4. The molecule has 0 amide bonds. The van der Waals surface area contributed by atoms with E-state index in [2.05, 4.69) is 17.0 Å². The fraction of sp³-hybridized carbons (Fsp3) is 0.227. The predicted octanol–water partition coefficient (Wildman–Crippen LogP) is 6.16. The third-order valence-corrected chi connectivity index (χ3v) is 4.86. The molecule has 0 unspecified atom stereocenters. The third-order valence-electron chi connectivity index (χ3n) is 4.60. The standard InChI is InChI=1S/C22H21ClN2O/c23-19-12-9-17(10-13-19)11-14-20-24-21(18-7-3-1-4-8-18)22(26-20)25-15-5-2-6-16-25/h1,3-4,7-14H,2,5-6,15-16H2/b14-11+. The second kappa shape index (κ2) is 7.79. The second-order valence-electron chi connectivity index (χ2n) is 6.50. The Morgan fingerprint density at radius 1 is 0.885 bits per heavy atom. The number of nitrogens with zero attached hydrogens (tertiary/aromatic N) is 2. The minimum atomic E-state index is 0.624. The minimum absolute atomic E-state index is 0.624. The molecule has 26 heavy (non-hydrogen) atoms. The molecule has 1 saturated heterocycles. The number of benzene rings is 2.